The van der Waals surface area contributed by atoms with Crippen LogP contribution in [0, 0.1) is 0 Å². The zero-order chi connectivity index (χ0) is 26.2. The van der Waals surface area contributed by atoms with Crippen LogP contribution in [0.1, 0.15) is 53.2 Å². The highest BCUT2D eigenvalue weighted by Crippen LogP contribution is 2.33. The summed E-state index contributed by atoms with van der Waals surface area (Å²) in [6, 6.07) is 10.0. The summed E-state index contributed by atoms with van der Waals surface area (Å²) >= 11 is 0. The van der Waals surface area contributed by atoms with E-state index >= 15 is 0 Å². The van der Waals surface area contributed by atoms with Crippen molar-refractivity contribution in [2.75, 3.05) is 33.2 Å². The van der Waals surface area contributed by atoms with E-state index < -0.39 is 6.04 Å². The van der Waals surface area contributed by atoms with E-state index in [0.717, 1.165) is 61.5 Å². The fourth-order valence-electron chi connectivity index (χ4n) is 6.00. The second kappa shape index (κ2) is 10.3. The number of benzene rings is 1. The van der Waals surface area contributed by atoms with Crippen molar-refractivity contribution in [1.82, 2.24) is 30.0 Å². The third-order valence-electron chi connectivity index (χ3n) is 8.23. The zero-order valence-corrected chi connectivity index (χ0v) is 21.8. The molecule has 3 aliphatic heterocycles. The standard InChI is InChI=1S/C29H34N6O3/c1-30-28(37)26(5-4-12-36)35-18-20-13-19(6-7-24(20)29(35)38)25-14-21(17-33-9-2-3-10-33)23-8-11-34(27(23)32-25)22-15-31-16-22/h6-8,11-14,22,26,31H,2-5,9-10,15-18H2,1H3,(H,30,37). The van der Waals surface area contributed by atoms with Crippen molar-refractivity contribution in [3.63, 3.8) is 0 Å². The van der Waals surface area contributed by atoms with E-state index in [4.69, 9.17) is 4.98 Å². The number of likely N-dealkylation sites (tertiary alicyclic amines) is 1. The van der Waals surface area contributed by atoms with E-state index in [1.165, 1.54) is 23.8 Å². The van der Waals surface area contributed by atoms with Crippen LogP contribution in [-0.2, 0) is 22.7 Å². The number of nitrogens with zero attached hydrogens (tertiary/aromatic N) is 4. The van der Waals surface area contributed by atoms with Crippen LogP contribution in [0.3, 0.4) is 0 Å². The lowest BCUT2D eigenvalue weighted by atomic mass is 10.0. The Kier molecular flexibility index (Phi) is 6.71. The number of pyridine rings is 1. The molecule has 3 aromatic rings. The SMILES string of the molecule is CNC(=O)C(CCC=O)N1Cc2cc(-c3cc(CN4CCCC4)c4ccn(C5CNC5)c4n3)ccc2C1=O. The maximum absolute atomic E-state index is 13.2. The molecule has 6 rings (SSSR count). The van der Waals surface area contributed by atoms with Gasteiger partial charge in [0.1, 0.15) is 18.0 Å². The number of carbonyl (C=O) groups is 3. The quantitative estimate of drug-likeness (QED) is 0.426. The van der Waals surface area contributed by atoms with Crippen LogP contribution in [0.25, 0.3) is 22.3 Å². The van der Waals surface area contributed by atoms with Gasteiger partial charge in [-0.3, -0.25) is 14.5 Å². The molecule has 9 heteroatoms. The molecule has 2 aromatic heterocycles. The zero-order valence-electron chi connectivity index (χ0n) is 21.8. The van der Waals surface area contributed by atoms with Gasteiger partial charge in [0.2, 0.25) is 5.91 Å². The summed E-state index contributed by atoms with van der Waals surface area (Å²) in [5.41, 5.74) is 5.65. The molecule has 198 valence electrons. The Morgan fingerprint density at radius 3 is 2.74 bits per heavy atom. The van der Waals surface area contributed by atoms with Crippen molar-refractivity contribution in [1.29, 1.82) is 0 Å². The minimum absolute atomic E-state index is 0.171. The molecular weight excluding hydrogens is 480 g/mol. The fourth-order valence-corrected chi connectivity index (χ4v) is 6.00. The van der Waals surface area contributed by atoms with Crippen molar-refractivity contribution in [3.05, 3.63) is 53.2 Å². The summed E-state index contributed by atoms with van der Waals surface area (Å²) in [5.74, 6) is -0.423. The minimum Gasteiger partial charge on any atom is -0.357 e. The Morgan fingerprint density at radius 2 is 2.03 bits per heavy atom. The smallest absolute Gasteiger partial charge is 0.255 e. The van der Waals surface area contributed by atoms with E-state index in [0.29, 0.717) is 24.6 Å². The van der Waals surface area contributed by atoms with Crippen LogP contribution in [0.2, 0.25) is 0 Å². The first kappa shape index (κ1) is 24.8. The van der Waals surface area contributed by atoms with Crippen molar-refractivity contribution in [2.24, 2.45) is 0 Å². The van der Waals surface area contributed by atoms with E-state index in [-0.39, 0.29) is 18.2 Å². The molecule has 2 N–H and O–H groups in total. The van der Waals surface area contributed by atoms with Crippen LogP contribution < -0.4 is 10.6 Å². The lowest BCUT2D eigenvalue weighted by Gasteiger charge is -2.29. The summed E-state index contributed by atoms with van der Waals surface area (Å²) in [4.78, 5) is 46.0. The molecule has 2 fully saturated rings. The van der Waals surface area contributed by atoms with Crippen LogP contribution in [0.4, 0.5) is 0 Å². The monoisotopic (exact) mass is 514 g/mol. The third-order valence-corrected chi connectivity index (χ3v) is 8.23. The van der Waals surface area contributed by atoms with E-state index in [1.807, 2.05) is 18.2 Å². The lowest BCUT2D eigenvalue weighted by molar-refractivity contribution is -0.125. The first-order chi connectivity index (χ1) is 18.6. The van der Waals surface area contributed by atoms with E-state index in [9.17, 15) is 14.4 Å². The first-order valence-electron chi connectivity index (χ1n) is 13.6. The van der Waals surface area contributed by atoms with Gasteiger partial charge in [0.15, 0.2) is 0 Å². The van der Waals surface area contributed by atoms with Crippen molar-refractivity contribution in [2.45, 2.75) is 50.9 Å². The van der Waals surface area contributed by atoms with Crippen molar-refractivity contribution >= 4 is 29.1 Å². The summed E-state index contributed by atoms with van der Waals surface area (Å²) in [7, 11) is 1.55. The molecule has 2 amide bonds. The number of hydrogen-bond acceptors (Lipinski definition) is 6. The Morgan fingerprint density at radius 1 is 1.21 bits per heavy atom. The predicted molar refractivity (Wildman–Crippen MR) is 145 cm³/mol. The van der Waals surface area contributed by atoms with E-state index in [1.54, 1.807) is 11.9 Å². The number of hydrogen-bond donors (Lipinski definition) is 2. The van der Waals surface area contributed by atoms with Gasteiger partial charge in [0.05, 0.1) is 11.7 Å². The molecule has 1 aromatic carbocycles. The van der Waals surface area contributed by atoms with Gasteiger partial charge in [0.25, 0.3) is 5.91 Å². The van der Waals surface area contributed by atoms with Gasteiger partial charge < -0.3 is 24.9 Å². The molecule has 0 aliphatic carbocycles. The van der Waals surface area contributed by atoms with Gasteiger partial charge in [-0.2, -0.15) is 0 Å². The van der Waals surface area contributed by atoms with Gasteiger partial charge in [-0.15, -0.1) is 0 Å². The molecule has 3 aliphatic rings. The number of rotatable bonds is 9. The summed E-state index contributed by atoms with van der Waals surface area (Å²) in [6.07, 6.45) is 5.98. The Balaban J connectivity index is 1.36. The second-order valence-corrected chi connectivity index (χ2v) is 10.6. The molecule has 0 saturated carbocycles. The molecule has 0 radical (unpaired) electrons. The predicted octanol–water partition coefficient (Wildman–Crippen LogP) is 2.49. The summed E-state index contributed by atoms with van der Waals surface area (Å²) < 4.78 is 2.29. The van der Waals surface area contributed by atoms with E-state index in [2.05, 4.69) is 38.4 Å². The van der Waals surface area contributed by atoms with Crippen LogP contribution in [0.5, 0.6) is 0 Å². The van der Waals surface area contributed by atoms with Crippen molar-refractivity contribution < 1.29 is 14.4 Å². The molecule has 5 heterocycles. The van der Waals surface area contributed by atoms with Crippen molar-refractivity contribution in [3.8, 4) is 11.3 Å². The van der Waals surface area contributed by atoms with Crippen LogP contribution in [0.15, 0.2) is 36.5 Å². The number of likely N-dealkylation sites (N-methyl/N-ethyl adjacent to an activating group) is 1. The molecule has 0 bridgehead atoms. The number of nitrogens with one attached hydrogen (secondary N) is 2. The molecule has 2 saturated heterocycles. The number of amides is 2. The Labute approximate surface area is 222 Å². The second-order valence-electron chi connectivity index (χ2n) is 10.6. The average molecular weight is 515 g/mol. The highest BCUT2D eigenvalue weighted by Gasteiger charge is 2.36. The molecule has 1 unspecified atom stereocenters. The maximum Gasteiger partial charge on any atom is 0.255 e. The van der Waals surface area contributed by atoms with Gasteiger partial charge in [-0.05, 0) is 67.7 Å². The van der Waals surface area contributed by atoms with Gasteiger partial charge >= 0.3 is 0 Å². The fraction of sp³-hybridized carbons (Fsp3) is 0.448. The number of carbonyl (C=O) groups excluding carboxylic acids is 3. The number of aldehydes is 1. The third kappa shape index (κ3) is 4.39. The molecule has 9 nitrogen and oxygen atoms in total. The summed E-state index contributed by atoms with van der Waals surface area (Å²) in [5, 5.41) is 7.21. The normalized spacial score (nSPS) is 18.6. The molecule has 1 atom stereocenters. The van der Waals surface area contributed by atoms with Gasteiger partial charge in [-0.25, -0.2) is 4.98 Å². The lowest BCUT2D eigenvalue weighted by Crippen LogP contribution is -2.46. The van der Waals surface area contributed by atoms with Crippen LogP contribution in [-0.4, -0.2) is 76.7 Å². The Bertz CT molecular complexity index is 1390. The number of aromatic nitrogens is 2. The first-order valence-corrected chi connectivity index (χ1v) is 13.6. The summed E-state index contributed by atoms with van der Waals surface area (Å²) in [6.45, 7) is 5.39. The largest absolute Gasteiger partial charge is 0.357 e. The Hall–Kier alpha value is -3.56. The average Bonchev–Trinajstić information content (AvgIpc) is 3.63. The molecule has 0 spiro atoms. The highest BCUT2D eigenvalue weighted by atomic mass is 16.2. The maximum atomic E-state index is 13.2. The molecule has 38 heavy (non-hydrogen) atoms. The van der Waals surface area contributed by atoms with Gasteiger partial charge in [0, 0.05) is 62.4 Å². The van der Waals surface area contributed by atoms with Crippen LogP contribution >= 0.6 is 0 Å². The minimum atomic E-state index is -0.672. The molecular formula is C29H34N6O3. The topological polar surface area (TPSA) is 99.6 Å². The van der Waals surface area contributed by atoms with Gasteiger partial charge in [-0.1, -0.05) is 6.07 Å². The number of fused-ring (bicyclic) bond motifs is 2. The highest BCUT2D eigenvalue weighted by molar-refractivity contribution is 6.01.